The molecular formula is C30H29FN4O5S2. The Kier molecular flexibility index (Phi) is 6.82. The fraction of sp³-hybridized carbons (Fsp3) is 0.267. The SMILES string of the molecule is Cc1ccc(S(=O)(=O)n2ncc3cc4c(-c5ccc(F)cc5)c(C(C)C)c(OC5CN(S(C)(=O)=O)C5)nc4cc32)cc1. The molecule has 3 aromatic carbocycles. The standard InChI is InChI=1S/C30H29FN4O5S2/c1-18(2)28-29(20-7-9-22(31)10-8-20)25-13-21-15-32-35(42(38,39)24-11-5-19(3)6-12-24)27(21)14-26(25)33-30(28)40-23-16-34(17-23)41(4,36)37/h5-15,18,23H,16-17H2,1-4H3. The summed E-state index contributed by atoms with van der Waals surface area (Å²) in [7, 11) is -7.34. The number of ether oxygens (including phenoxy) is 1. The number of halogens is 1. The third kappa shape index (κ3) is 4.93. The molecule has 12 heteroatoms. The van der Waals surface area contributed by atoms with Crippen molar-refractivity contribution in [2.24, 2.45) is 0 Å². The van der Waals surface area contributed by atoms with Crippen molar-refractivity contribution in [3.05, 3.63) is 83.8 Å². The summed E-state index contributed by atoms with van der Waals surface area (Å²) in [5, 5.41) is 5.56. The van der Waals surface area contributed by atoms with Gasteiger partial charge in [-0.3, -0.25) is 0 Å². The number of nitrogens with zero attached hydrogens (tertiary/aromatic N) is 4. The summed E-state index contributed by atoms with van der Waals surface area (Å²) in [6, 6.07) is 16.2. The smallest absolute Gasteiger partial charge is 0.283 e. The maximum Gasteiger partial charge on any atom is 0.283 e. The van der Waals surface area contributed by atoms with Crippen LogP contribution in [0.2, 0.25) is 0 Å². The highest BCUT2D eigenvalue weighted by molar-refractivity contribution is 7.90. The predicted molar refractivity (Wildman–Crippen MR) is 159 cm³/mol. The number of aromatic nitrogens is 3. The Labute approximate surface area is 243 Å². The Morgan fingerprint density at radius 2 is 1.64 bits per heavy atom. The normalized spacial score (nSPS) is 15.0. The van der Waals surface area contributed by atoms with Crippen LogP contribution in [0.5, 0.6) is 5.88 Å². The van der Waals surface area contributed by atoms with Crippen LogP contribution in [0, 0.1) is 12.7 Å². The van der Waals surface area contributed by atoms with Crippen molar-refractivity contribution >= 4 is 41.9 Å². The van der Waals surface area contributed by atoms with Crippen LogP contribution >= 0.6 is 0 Å². The van der Waals surface area contributed by atoms with Crippen LogP contribution in [0.1, 0.15) is 30.9 Å². The lowest BCUT2D eigenvalue weighted by atomic mass is 9.90. The zero-order valence-electron chi connectivity index (χ0n) is 23.4. The highest BCUT2D eigenvalue weighted by Gasteiger charge is 2.36. The number of fused-ring (bicyclic) bond motifs is 2. The van der Waals surface area contributed by atoms with Crippen molar-refractivity contribution in [1.29, 1.82) is 0 Å². The van der Waals surface area contributed by atoms with Crippen LogP contribution in [-0.2, 0) is 20.0 Å². The number of hydrogen-bond donors (Lipinski definition) is 0. The lowest BCUT2D eigenvalue weighted by Crippen LogP contribution is -2.55. The number of hydrogen-bond acceptors (Lipinski definition) is 7. The molecule has 0 aliphatic carbocycles. The van der Waals surface area contributed by atoms with Crippen molar-refractivity contribution in [2.75, 3.05) is 19.3 Å². The van der Waals surface area contributed by atoms with E-state index < -0.39 is 26.2 Å². The van der Waals surface area contributed by atoms with Gasteiger partial charge in [-0.15, -0.1) is 0 Å². The Hall–Kier alpha value is -3.87. The van der Waals surface area contributed by atoms with Gasteiger partial charge >= 0.3 is 0 Å². The molecule has 9 nitrogen and oxygen atoms in total. The summed E-state index contributed by atoms with van der Waals surface area (Å²) >= 11 is 0. The van der Waals surface area contributed by atoms with Crippen LogP contribution < -0.4 is 4.74 Å². The van der Waals surface area contributed by atoms with E-state index in [0.29, 0.717) is 22.3 Å². The van der Waals surface area contributed by atoms with Crippen molar-refractivity contribution in [3.8, 4) is 17.0 Å². The van der Waals surface area contributed by atoms with E-state index in [2.05, 4.69) is 5.10 Å². The first-order chi connectivity index (χ1) is 19.8. The number of rotatable bonds is 7. The maximum absolute atomic E-state index is 13.9. The summed E-state index contributed by atoms with van der Waals surface area (Å²) < 4.78 is 73.5. The molecule has 1 aliphatic rings. The first-order valence-corrected chi connectivity index (χ1v) is 16.7. The van der Waals surface area contributed by atoms with Crippen LogP contribution in [0.4, 0.5) is 4.39 Å². The zero-order chi connectivity index (χ0) is 30.0. The fourth-order valence-electron chi connectivity index (χ4n) is 5.21. The van der Waals surface area contributed by atoms with Crippen molar-refractivity contribution in [3.63, 3.8) is 0 Å². The van der Waals surface area contributed by atoms with Gasteiger partial charge in [-0.2, -0.15) is 21.9 Å². The molecule has 42 heavy (non-hydrogen) atoms. The van der Waals surface area contributed by atoms with E-state index in [1.165, 1.54) is 22.6 Å². The summed E-state index contributed by atoms with van der Waals surface area (Å²) in [6.07, 6.45) is 2.25. The molecule has 0 atom stereocenters. The molecule has 0 saturated carbocycles. The van der Waals surface area contributed by atoms with E-state index in [1.807, 2.05) is 26.8 Å². The molecular weight excluding hydrogens is 579 g/mol. The second kappa shape index (κ2) is 10.1. The molecule has 1 saturated heterocycles. The van der Waals surface area contributed by atoms with Crippen molar-refractivity contribution < 1.29 is 26.0 Å². The average molecular weight is 609 g/mol. The van der Waals surface area contributed by atoms with Crippen LogP contribution in [0.3, 0.4) is 0 Å². The van der Waals surface area contributed by atoms with E-state index >= 15 is 0 Å². The summed E-state index contributed by atoms with van der Waals surface area (Å²) in [6.45, 7) is 6.27. The molecule has 0 spiro atoms. The minimum Gasteiger partial charge on any atom is -0.471 e. The Morgan fingerprint density at radius 1 is 0.976 bits per heavy atom. The Morgan fingerprint density at radius 3 is 2.26 bits per heavy atom. The molecule has 218 valence electrons. The molecule has 2 aromatic heterocycles. The maximum atomic E-state index is 13.9. The third-order valence-electron chi connectivity index (χ3n) is 7.46. The third-order valence-corrected chi connectivity index (χ3v) is 10.3. The fourth-order valence-corrected chi connectivity index (χ4v) is 7.36. The van der Waals surface area contributed by atoms with Crippen molar-refractivity contribution in [2.45, 2.75) is 37.7 Å². The van der Waals surface area contributed by atoms with Gasteiger partial charge in [-0.25, -0.2) is 17.8 Å². The monoisotopic (exact) mass is 608 g/mol. The molecule has 1 fully saturated rings. The van der Waals surface area contributed by atoms with Gasteiger partial charge in [0, 0.05) is 16.3 Å². The molecule has 0 N–H and O–H groups in total. The molecule has 5 aromatic rings. The second-order valence-electron chi connectivity index (χ2n) is 10.9. The Balaban J connectivity index is 1.56. The first-order valence-electron chi connectivity index (χ1n) is 13.4. The summed E-state index contributed by atoms with van der Waals surface area (Å²) in [5.41, 5.74) is 4.04. The van der Waals surface area contributed by atoms with Gasteiger partial charge in [0.15, 0.2) is 0 Å². The molecule has 3 heterocycles. The van der Waals surface area contributed by atoms with Crippen LogP contribution in [-0.4, -0.2) is 60.8 Å². The van der Waals surface area contributed by atoms with Gasteiger partial charge in [-0.1, -0.05) is 43.7 Å². The number of benzene rings is 3. The summed E-state index contributed by atoms with van der Waals surface area (Å²) in [4.78, 5) is 4.96. The lowest BCUT2D eigenvalue weighted by molar-refractivity contribution is 0.0718. The average Bonchev–Trinajstić information content (AvgIpc) is 3.32. The van der Waals surface area contributed by atoms with E-state index in [9.17, 15) is 21.2 Å². The second-order valence-corrected chi connectivity index (χ2v) is 14.7. The number of sulfonamides is 1. The van der Waals surface area contributed by atoms with Crippen LogP contribution in [0.15, 0.2) is 71.8 Å². The molecule has 1 aliphatic heterocycles. The van der Waals surface area contributed by atoms with E-state index in [0.717, 1.165) is 38.0 Å². The number of pyridine rings is 1. The minimum atomic E-state index is -4.00. The predicted octanol–water partition coefficient (Wildman–Crippen LogP) is 5.08. The van der Waals surface area contributed by atoms with E-state index in [1.54, 1.807) is 42.5 Å². The topological polar surface area (TPSA) is 111 Å². The largest absolute Gasteiger partial charge is 0.471 e. The van der Waals surface area contributed by atoms with Crippen LogP contribution in [0.25, 0.3) is 32.9 Å². The highest BCUT2D eigenvalue weighted by atomic mass is 32.2. The van der Waals surface area contributed by atoms with Gasteiger partial charge in [0.1, 0.15) is 11.9 Å². The molecule has 0 unspecified atom stereocenters. The Bertz CT molecular complexity index is 2050. The summed E-state index contributed by atoms with van der Waals surface area (Å²) in [5.74, 6) is -0.120. The molecule has 0 radical (unpaired) electrons. The zero-order valence-corrected chi connectivity index (χ0v) is 25.1. The molecule has 6 rings (SSSR count). The number of aryl methyl sites for hydroxylation is 1. The lowest BCUT2D eigenvalue weighted by Gasteiger charge is -2.37. The molecule has 0 amide bonds. The molecule has 0 bridgehead atoms. The van der Waals surface area contributed by atoms with Gasteiger partial charge < -0.3 is 4.74 Å². The van der Waals surface area contributed by atoms with Gasteiger partial charge in [0.2, 0.25) is 15.9 Å². The van der Waals surface area contributed by atoms with Gasteiger partial charge in [0.05, 0.1) is 41.5 Å². The van der Waals surface area contributed by atoms with Crippen molar-refractivity contribution in [1.82, 2.24) is 18.5 Å². The highest BCUT2D eigenvalue weighted by Crippen LogP contribution is 2.42. The van der Waals surface area contributed by atoms with Gasteiger partial charge in [0.25, 0.3) is 10.0 Å². The minimum absolute atomic E-state index is 0.0663. The van der Waals surface area contributed by atoms with E-state index in [-0.39, 0.29) is 29.7 Å². The van der Waals surface area contributed by atoms with Gasteiger partial charge in [-0.05, 0) is 60.4 Å². The first kappa shape index (κ1) is 28.3. The van der Waals surface area contributed by atoms with E-state index in [4.69, 9.17) is 9.72 Å². The quantitative estimate of drug-likeness (QED) is 0.253.